The molecular weight excluding hydrogens is 370 g/mol. The molecule has 0 radical (unpaired) electrons. The van der Waals surface area contributed by atoms with E-state index in [1.165, 1.54) is 51.4 Å². The highest BCUT2D eigenvalue weighted by molar-refractivity contribution is 5.25. The highest BCUT2D eigenvalue weighted by atomic mass is 16.5. The Bertz CT molecular complexity index is 616. The zero-order valence-electron chi connectivity index (χ0n) is 20.4. The molecule has 4 aliphatic rings. The van der Waals surface area contributed by atoms with Crippen LogP contribution in [0.25, 0.3) is 0 Å². The van der Waals surface area contributed by atoms with Gasteiger partial charge in [0.1, 0.15) is 0 Å². The lowest BCUT2D eigenvalue weighted by molar-refractivity contribution is -0.0979. The van der Waals surface area contributed by atoms with Crippen molar-refractivity contribution in [3.63, 3.8) is 0 Å². The number of hydrogen-bond donors (Lipinski definition) is 0. The molecule has 3 fully saturated rings. The van der Waals surface area contributed by atoms with Gasteiger partial charge in [-0.25, -0.2) is 0 Å². The topological polar surface area (TPSA) is 21.7 Å². The van der Waals surface area contributed by atoms with Crippen LogP contribution >= 0.6 is 0 Å². The first kappa shape index (κ1) is 22.8. The van der Waals surface area contributed by atoms with Crippen LogP contribution in [0.2, 0.25) is 0 Å². The summed E-state index contributed by atoms with van der Waals surface area (Å²) in [5, 5.41) is 0. The molecule has 0 spiro atoms. The highest BCUT2D eigenvalue weighted by Gasteiger charge is 2.59. The third kappa shape index (κ3) is 4.16. The molecule has 0 amide bonds. The molecule has 0 heterocycles. The van der Waals surface area contributed by atoms with E-state index >= 15 is 0 Å². The van der Waals surface area contributed by atoms with Gasteiger partial charge in [0.25, 0.3) is 0 Å². The van der Waals surface area contributed by atoms with Crippen LogP contribution in [0.5, 0.6) is 0 Å². The van der Waals surface area contributed by atoms with Gasteiger partial charge in [-0.3, -0.25) is 0 Å². The van der Waals surface area contributed by atoms with Gasteiger partial charge in [0.2, 0.25) is 0 Å². The Balaban J connectivity index is 1.41. The minimum absolute atomic E-state index is 0.360. The van der Waals surface area contributed by atoms with Crippen LogP contribution in [-0.4, -0.2) is 51.0 Å². The van der Waals surface area contributed by atoms with Crippen LogP contribution < -0.4 is 0 Å². The Kier molecular flexibility index (Phi) is 7.02. The Labute approximate surface area is 186 Å². The summed E-state index contributed by atoms with van der Waals surface area (Å²) in [6, 6.07) is 0. The van der Waals surface area contributed by atoms with Gasteiger partial charge in [-0.2, -0.15) is 0 Å². The molecule has 3 saturated carbocycles. The third-order valence-corrected chi connectivity index (χ3v) is 9.59. The van der Waals surface area contributed by atoms with Gasteiger partial charge in [0, 0.05) is 13.2 Å². The first-order valence-corrected chi connectivity index (χ1v) is 13.0. The second kappa shape index (κ2) is 9.24. The largest absolute Gasteiger partial charge is 0.378 e. The summed E-state index contributed by atoms with van der Waals surface area (Å²) in [6.45, 7) is 10.4. The van der Waals surface area contributed by atoms with E-state index < -0.39 is 0 Å². The van der Waals surface area contributed by atoms with Crippen molar-refractivity contribution >= 4 is 0 Å². The maximum atomic E-state index is 6.38. The van der Waals surface area contributed by atoms with Crippen LogP contribution in [0.4, 0.5) is 0 Å². The molecule has 0 aromatic rings. The molecule has 172 valence electrons. The zero-order chi connectivity index (χ0) is 21.4. The Hall–Kier alpha value is -0.380. The second-order valence-electron chi connectivity index (χ2n) is 11.6. The molecule has 30 heavy (non-hydrogen) atoms. The van der Waals surface area contributed by atoms with Gasteiger partial charge in [-0.05, 0) is 113 Å². The van der Waals surface area contributed by atoms with E-state index in [-0.39, 0.29) is 0 Å². The van der Waals surface area contributed by atoms with E-state index in [0.29, 0.717) is 23.0 Å². The smallest absolute Gasteiger partial charge is 0.0758 e. The number of hydrogen-bond acceptors (Lipinski definition) is 3. The fourth-order valence-corrected chi connectivity index (χ4v) is 7.93. The minimum atomic E-state index is 0.360. The predicted octanol–water partition coefficient (Wildman–Crippen LogP) is 6.08. The maximum Gasteiger partial charge on any atom is 0.0758 e. The molecule has 0 aliphatic heterocycles. The monoisotopic (exact) mass is 417 g/mol. The molecule has 0 aromatic heterocycles. The minimum Gasteiger partial charge on any atom is -0.378 e. The first-order chi connectivity index (χ1) is 14.4. The van der Waals surface area contributed by atoms with Crippen molar-refractivity contribution in [1.29, 1.82) is 0 Å². The van der Waals surface area contributed by atoms with Gasteiger partial charge in [0.15, 0.2) is 0 Å². The zero-order valence-corrected chi connectivity index (χ0v) is 20.4. The average Bonchev–Trinajstić information content (AvgIpc) is 3.05. The van der Waals surface area contributed by atoms with E-state index in [2.05, 4.69) is 45.8 Å². The fourth-order valence-electron chi connectivity index (χ4n) is 7.93. The van der Waals surface area contributed by atoms with Gasteiger partial charge in [-0.15, -0.1) is 0 Å². The molecule has 4 rings (SSSR count). The van der Waals surface area contributed by atoms with Crippen LogP contribution in [0.1, 0.15) is 85.0 Å². The lowest BCUT2D eigenvalue weighted by atomic mass is 9.47. The Morgan fingerprint density at radius 1 is 0.967 bits per heavy atom. The second-order valence-corrected chi connectivity index (χ2v) is 11.6. The van der Waals surface area contributed by atoms with Gasteiger partial charge in [-0.1, -0.05) is 32.4 Å². The molecule has 3 unspecified atom stereocenters. The van der Waals surface area contributed by atoms with E-state index in [1.54, 1.807) is 5.57 Å². The molecule has 4 aliphatic carbocycles. The molecule has 0 bridgehead atoms. The Morgan fingerprint density at radius 2 is 1.80 bits per heavy atom. The normalized spacial score (nSPS) is 43.1. The predicted molar refractivity (Wildman–Crippen MR) is 125 cm³/mol. The summed E-state index contributed by atoms with van der Waals surface area (Å²) in [5.41, 5.74) is 2.60. The number of nitrogens with zero attached hydrogens (tertiary/aromatic N) is 1. The van der Waals surface area contributed by atoms with Crippen molar-refractivity contribution in [3.05, 3.63) is 11.6 Å². The molecule has 7 atom stereocenters. The van der Waals surface area contributed by atoms with Crippen molar-refractivity contribution < 1.29 is 9.47 Å². The fraction of sp³-hybridized carbons (Fsp3) is 0.926. The first-order valence-electron chi connectivity index (χ1n) is 13.0. The van der Waals surface area contributed by atoms with E-state index in [9.17, 15) is 0 Å². The number of allylic oxidation sites excluding steroid dienone is 1. The molecule has 3 heteroatoms. The van der Waals surface area contributed by atoms with Gasteiger partial charge in [0.05, 0.1) is 12.2 Å². The summed E-state index contributed by atoms with van der Waals surface area (Å²) in [7, 11) is 4.29. The molecule has 0 saturated heterocycles. The summed E-state index contributed by atoms with van der Waals surface area (Å²) >= 11 is 0. The molecule has 3 nitrogen and oxygen atoms in total. The van der Waals surface area contributed by atoms with Crippen molar-refractivity contribution in [3.8, 4) is 0 Å². The summed E-state index contributed by atoms with van der Waals surface area (Å²) in [4.78, 5) is 2.25. The van der Waals surface area contributed by atoms with Crippen molar-refractivity contribution in [1.82, 2.24) is 4.90 Å². The van der Waals surface area contributed by atoms with Crippen LogP contribution in [0.3, 0.4) is 0 Å². The third-order valence-electron chi connectivity index (χ3n) is 9.59. The maximum absolute atomic E-state index is 6.38. The van der Waals surface area contributed by atoms with Gasteiger partial charge >= 0.3 is 0 Å². The Morgan fingerprint density at radius 3 is 2.57 bits per heavy atom. The lowest BCUT2D eigenvalue weighted by Crippen LogP contribution is -2.51. The van der Waals surface area contributed by atoms with E-state index in [0.717, 1.165) is 50.4 Å². The van der Waals surface area contributed by atoms with Crippen LogP contribution in [-0.2, 0) is 9.47 Å². The van der Waals surface area contributed by atoms with Crippen molar-refractivity contribution in [2.45, 2.75) is 97.2 Å². The summed E-state index contributed by atoms with van der Waals surface area (Å²) < 4.78 is 12.7. The van der Waals surface area contributed by atoms with Gasteiger partial charge < -0.3 is 14.4 Å². The summed E-state index contributed by atoms with van der Waals surface area (Å²) in [6.07, 6.45) is 16.5. The molecule has 0 aromatic carbocycles. The van der Waals surface area contributed by atoms with Crippen molar-refractivity contribution in [2.24, 2.45) is 28.6 Å². The van der Waals surface area contributed by atoms with Crippen LogP contribution in [0.15, 0.2) is 11.6 Å². The van der Waals surface area contributed by atoms with Crippen LogP contribution in [0, 0.1) is 28.6 Å². The highest BCUT2D eigenvalue weighted by Crippen LogP contribution is 2.65. The van der Waals surface area contributed by atoms with E-state index in [4.69, 9.17) is 9.47 Å². The summed E-state index contributed by atoms with van der Waals surface area (Å²) in [5.74, 6) is 2.69. The lowest BCUT2D eigenvalue weighted by Gasteiger charge is -2.58. The van der Waals surface area contributed by atoms with E-state index in [1.807, 2.05) is 0 Å². The number of rotatable bonds is 8. The van der Waals surface area contributed by atoms with Crippen molar-refractivity contribution in [2.75, 3.05) is 33.9 Å². The number of fused-ring (bicyclic) bond motifs is 5. The number of ether oxygens (including phenoxy) is 2. The average molecular weight is 418 g/mol. The SMILES string of the molecule is CCCO[C@H]1CCC2C3CCC4=C[C@@H](OCCCN(C)C)CC[C@]4(C)C3CC[C@@]21C. The molecule has 0 N–H and O–H groups in total. The standard InChI is InChI=1S/C27H47NO2/c1-6-17-30-25-11-10-23-22-9-8-20-19-21(29-18-7-16-28(4)5)12-14-26(20,2)24(22)13-15-27(23,25)3/h19,21-25H,6-18H2,1-5H3/t21-,22?,23?,24?,25-,26-,27-/m0/s1. The quantitative estimate of drug-likeness (QED) is 0.353. The molecular formula is C27H47NO2.